The van der Waals surface area contributed by atoms with Crippen LogP contribution in [0.5, 0.6) is 0 Å². The zero-order chi connectivity index (χ0) is 43.7. The fourth-order valence-corrected chi connectivity index (χ4v) is 7.80. The van der Waals surface area contributed by atoms with Crippen molar-refractivity contribution in [2.45, 2.75) is 283 Å². The van der Waals surface area contributed by atoms with Crippen molar-refractivity contribution in [2.75, 3.05) is 13.2 Å². The summed E-state index contributed by atoms with van der Waals surface area (Å²) in [5, 5.41) is 23.0. The Morgan fingerprint density at radius 3 is 1.22 bits per heavy atom. The van der Waals surface area contributed by atoms with E-state index in [9.17, 15) is 19.8 Å². The molecule has 6 nitrogen and oxygen atoms in total. The van der Waals surface area contributed by atoms with E-state index in [2.05, 4.69) is 43.5 Å². The first-order valence-corrected chi connectivity index (χ1v) is 26.3. The summed E-state index contributed by atoms with van der Waals surface area (Å²) in [6, 6.07) is -0.636. The molecule has 0 aromatic carbocycles. The number of carbonyl (C=O) groups is 2. The Hall–Kier alpha value is -1.92. The van der Waals surface area contributed by atoms with Gasteiger partial charge in [-0.25, -0.2) is 0 Å². The first-order chi connectivity index (χ1) is 29.5. The Balaban J connectivity index is 3.50. The molecule has 6 heteroatoms. The number of allylic oxidation sites excluding steroid dienone is 5. The van der Waals surface area contributed by atoms with Gasteiger partial charge in [0.05, 0.1) is 25.4 Å². The molecule has 352 valence electrons. The fraction of sp³-hybridized carbons (Fsp3) is 0.852. The molecule has 0 aliphatic carbocycles. The highest BCUT2D eigenvalue weighted by Gasteiger charge is 2.18. The molecule has 0 aliphatic rings. The Kier molecular flexibility index (Phi) is 48.1. The largest absolute Gasteiger partial charge is 0.466 e. The standard InChI is InChI=1S/C54H101NO5/c1-3-5-7-9-11-13-15-17-23-26-30-34-38-42-46-52(57)51(50-56)55-53(58)47-43-39-35-31-27-24-21-19-18-20-22-25-29-33-37-41-45-49-60-54(59)48-44-40-36-32-28-16-14-12-10-8-6-4-2/h12,14,18,20,42,46,51-52,56-57H,3-11,13,15-17,19,21-41,43-45,47-50H2,1-2H3,(H,55,58)/b14-12-,20-18-,46-42+. The molecule has 1 amide bonds. The van der Waals surface area contributed by atoms with Crippen LogP contribution in [-0.2, 0) is 14.3 Å². The maximum Gasteiger partial charge on any atom is 0.305 e. The molecular formula is C54H101NO5. The summed E-state index contributed by atoms with van der Waals surface area (Å²) in [7, 11) is 0. The van der Waals surface area contributed by atoms with Crippen LogP contribution in [0.1, 0.15) is 271 Å². The molecule has 0 saturated carbocycles. The average molecular weight is 844 g/mol. The van der Waals surface area contributed by atoms with Crippen molar-refractivity contribution < 1.29 is 24.5 Å². The average Bonchev–Trinajstić information content (AvgIpc) is 3.25. The number of amides is 1. The van der Waals surface area contributed by atoms with Crippen LogP contribution in [0.3, 0.4) is 0 Å². The summed E-state index contributed by atoms with van der Waals surface area (Å²) in [5.41, 5.74) is 0. The van der Waals surface area contributed by atoms with Crippen molar-refractivity contribution in [3.05, 3.63) is 36.5 Å². The lowest BCUT2D eigenvalue weighted by Crippen LogP contribution is -2.45. The predicted octanol–water partition coefficient (Wildman–Crippen LogP) is 15.7. The van der Waals surface area contributed by atoms with Gasteiger partial charge in [-0.3, -0.25) is 9.59 Å². The predicted molar refractivity (Wildman–Crippen MR) is 259 cm³/mol. The molecule has 2 unspecified atom stereocenters. The van der Waals surface area contributed by atoms with Crippen LogP contribution in [-0.4, -0.2) is 47.4 Å². The summed E-state index contributed by atoms with van der Waals surface area (Å²) in [5.74, 6) is -0.0944. The maximum atomic E-state index is 12.4. The minimum atomic E-state index is -0.852. The van der Waals surface area contributed by atoms with Crippen molar-refractivity contribution in [1.82, 2.24) is 5.32 Å². The van der Waals surface area contributed by atoms with Crippen LogP contribution >= 0.6 is 0 Å². The van der Waals surface area contributed by atoms with Gasteiger partial charge in [0, 0.05) is 12.8 Å². The molecule has 0 aliphatic heterocycles. The molecule has 2 atom stereocenters. The van der Waals surface area contributed by atoms with E-state index in [1.807, 2.05) is 6.08 Å². The number of unbranched alkanes of at least 4 members (excludes halogenated alkanes) is 33. The SMILES string of the molecule is CCCCC/C=C\CCCCCCCC(=O)OCCCCCCCC/C=C\CCCCCCCCCC(=O)NC(CO)C(O)/C=C/CCCCCCCCCCCCCC. The van der Waals surface area contributed by atoms with Crippen molar-refractivity contribution in [2.24, 2.45) is 0 Å². The number of ether oxygens (including phenoxy) is 1. The molecule has 3 N–H and O–H groups in total. The van der Waals surface area contributed by atoms with E-state index in [4.69, 9.17) is 4.74 Å². The fourth-order valence-electron chi connectivity index (χ4n) is 7.80. The molecule has 0 bridgehead atoms. The first-order valence-electron chi connectivity index (χ1n) is 26.3. The monoisotopic (exact) mass is 844 g/mol. The summed E-state index contributed by atoms with van der Waals surface area (Å²) in [6.07, 6.45) is 60.0. The van der Waals surface area contributed by atoms with Gasteiger partial charge in [-0.1, -0.05) is 211 Å². The molecule has 0 aromatic heterocycles. The van der Waals surface area contributed by atoms with Gasteiger partial charge in [-0.05, 0) is 83.5 Å². The maximum absolute atomic E-state index is 12.4. The molecule has 0 heterocycles. The highest BCUT2D eigenvalue weighted by Crippen LogP contribution is 2.15. The van der Waals surface area contributed by atoms with Gasteiger partial charge in [0.15, 0.2) is 0 Å². The Labute approximate surface area is 373 Å². The minimum absolute atomic E-state index is 0.0135. The van der Waals surface area contributed by atoms with Crippen molar-refractivity contribution >= 4 is 11.9 Å². The van der Waals surface area contributed by atoms with Crippen molar-refractivity contribution in [3.8, 4) is 0 Å². The Morgan fingerprint density at radius 1 is 0.450 bits per heavy atom. The van der Waals surface area contributed by atoms with Gasteiger partial charge in [0.1, 0.15) is 0 Å². The van der Waals surface area contributed by atoms with Crippen LogP contribution in [0.2, 0.25) is 0 Å². The van der Waals surface area contributed by atoms with Gasteiger partial charge in [-0.2, -0.15) is 0 Å². The third-order valence-corrected chi connectivity index (χ3v) is 11.9. The summed E-state index contributed by atoms with van der Waals surface area (Å²) < 4.78 is 5.44. The lowest BCUT2D eigenvalue weighted by Gasteiger charge is -2.20. The quantitative estimate of drug-likeness (QED) is 0.0322. The smallest absolute Gasteiger partial charge is 0.305 e. The van der Waals surface area contributed by atoms with Crippen molar-refractivity contribution in [1.29, 1.82) is 0 Å². The van der Waals surface area contributed by atoms with Gasteiger partial charge < -0.3 is 20.3 Å². The Bertz CT molecular complexity index is 977. The van der Waals surface area contributed by atoms with Crippen LogP contribution in [0, 0.1) is 0 Å². The van der Waals surface area contributed by atoms with E-state index in [-0.39, 0.29) is 18.5 Å². The second kappa shape index (κ2) is 49.7. The van der Waals surface area contributed by atoms with E-state index in [1.54, 1.807) is 6.08 Å². The number of rotatable bonds is 48. The summed E-state index contributed by atoms with van der Waals surface area (Å²) in [4.78, 5) is 24.4. The van der Waals surface area contributed by atoms with Crippen LogP contribution in [0.15, 0.2) is 36.5 Å². The van der Waals surface area contributed by atoms with E-state index < -0.39 is 12.1 Å². The second-order valence-electron chi connectivity index (χ2n) is 17.8. The normalized spacial score (nSPS) is 12.9. The number of nitrogens with one attached hydrogen (secondary N) is 1. The van der Waals surface area contributed by atoms with Crippen molar-refractivity contribution in [3.63, 3.8) is 0 Å². The number of esters is 1. The van der Waals surface area contributed by atoms with Gasteiger partial charge in [0.25, 0.3) is 0 Å². The molecule has 60 heavy (non-hydrogen) atoms. The van der Waals surface area contributed by atoms with E-state index in [1.165, 1.54) is 186 Å². The van der Waals surface area contributed by atoms with Gasteiger partial charge in [-0.15, -0.1) is 0 Å². The lowest BCUT2D eigenvalue weighted by molar-refractivity contribution is -0.143. The first kappa shape index (κ1) is 58.1. The third kappa shape index (κ3) is 45.6. The topological polar surface area (TPSA) is 95.9 Å². The van der Waals surface area contributed by atoms with Gasteiger partial charge >= 0.3 is 5.97 Å². The highest BCUT2D eigenvalue weighted by molar-refractivity contribution is 5.76. The number of aliphatic hydroxyl groups excluding tert-OH is 2. The molecule has 0 saturated heterocycles. The third-order valence-electron chi connectivity index (χ3n) is 11.9. The van der Waals surface area contributed by atoms with E-state index >= 15 is 0 Å². The summed E-state index contributed by atoms with van der Waals surface area (Å²) >= 11 is 0. The zero-order valence-corrected chi connectivity index (χ0v) is 39.9. The number of carbonyl (C=O) groups excluding carboxylic acids is 2. The molecule has 0 aromatic rings. The number of aliphatic hydroxyl groups is 2. The number of hydrogen-bond donors (Lipinski definition) is 3. The van der Waals surface area contributed by atoms with E-state index in [0.717, 1.165) is 57.8 Å². The van der Waals surface area contributed by atoms with E-state index in [0.29, 0.717) is 19.4 Å². The number of hydrogen-bond acceptors (Lipinski definition) is 5. The molecular weight excluding hydrogens is 743 g/mol. The molecule has 0 radical (unpaired) electrons. The second-order valence-corrected chi connectivity index (χ2v) is 17.8. The minimum Gasteiger partial charge on any atom is -0.466 e. The molecule has 0 rings (SSSR count). The van der Waals surface area contributed by atoms with Crippen LogP contribution < -0.4 is 5.32 Å². The molecule has 0 spiro atoms. The Morgan fingerprint density at radius 2 is 0.783 bits per heavy atom. The van der Waals surface area contributed by atoms with Crippen LogP contribution in [0.4, 0.5) is 0 Å². The van der Waals surface area contributed by atoms with Gasteiger partial charge in [0.2, 0.25) is 5.91 Å². The molecule has 0 fully saturated rings. The van der Waals surface area contributed by atoms with Crippen LogP contribution in [0.25, 0.3) is 0 Å². The zero-order valence-electron chi connectivity index (χ0n) is 39.9. The lowest BCUT2D eigenvalue weighted by atomic mass is 10.0. The summed E-state index contributed by atoms with van der Waals surface area (Å²) in [6.45, 7) is 4.85. The highest BCUT2D eigenvalue weighted by atomic mass is 16.5.